The molecule has 0 N–H and O–H groups in total. The summed E-state index contributed by atoms with van der Waals surface area (Å²) in [6.07, 6.45) is 0. The number of aryl methyl sites for hydroxylation is 1. The highest BCUT2D eigenvalue weighted by atomic mass is 79.9. The molecule has 1 aromatic carbocycles. The van der Waals surface area contributed by atoms with Crippen LogP contribution in [0, 0.1) is 18.3 Å². The molecule has 1 aromatic heterocycles. The Morgan fingerprint density at radius 3 is 2.85 bits per heavy atom. The van der Waals surface area contributed by atoms with Crippen LogP contribution in [0.5, 0.6) is 0 Å². The summed E-state index contributed by atoms with van der Waals surface area (Å²) < 4.78 is 6.27. The van der Waals surface area contributed by atoms with Crippen molar-refractivity contribution in [3.05, 3.63) is 34.0 Å². The van der Waals surface area contributed by atoms with E-state index in [2.05, 4.69) is 22.0 Å². The third-order valence-corrected chi connectivity index (χ3v) is 2.41. The molecule has 0 unspecified atom stereocenters. The summed E-state index contributed by atoms with van der Waals surface area (Å²) in [5, 5.41) is 9.69. The van der Waals surface area contributed by atoms with Crippen molar-refractivity contribution in [3.8, 4) is 6.07 Å². The molecule has 0 radical (unpaired) electrons. The van der Waals surface area contributed by atoms with Gasteiger partial charge in [-0.1, -0.05) is 0 Å². The highest BCUT2D eigenvalue weighted by molar-refractivity contribution is 9.10. The second kappa shape index (κ2) is 2.90. The van der Waals surface area contributed by atoms with Crippen molar-refractivity contribution in [2.75, 3.05) is 0 Å². The van der Waals surface area contributed by atoms with Gasteiger partial charge in [-0.3, -0.25) is 0 Å². The maximum atomic E-state index is 8.73. The van der Waals surface area contributed by atoms with E-state index in [0.717, 1.165) is 21.2 Å². The van der Waals surface area contributed by atoms with Crippen molar-refractivity contribution < 1.29 is 4.42 Å². The van der Waals surface area contributed by atoms with Gasteiger partial charge in [0.1, 0.15) is 11.3 Å². The largest absolute Gasteiger partial charge is 0.460 e. The van der Waals surface area contributed by atoms with Crippen LogP contribution >= 0.6 is 15.9 Å². The monoisotopic (exact) mass is 235 g/mol. The van der Waals surface area contributed by atoms with Crippen LogP contribution in [-0.2, 0) is 0 Å². The zero-order valence-corrected chi connectivity index (χ0v) is 8.55. The van der Waals surface area contributed by atoms with Crippen LogP contribution in [0.4, 0.5) is 0 Å². The highest BCUT2D eigenvalue weighted by Gasteiger charge is 2.06. The zero-order valence-electron chi connectivity index (χ0n) is 6.97. The molecule has 0 atom stereocenters. The fraction of sp³-hybridized carbons (Fsp3) is 0.100. The quantitative estimate of drug-likeness (QED) is 0.703. The van der Waals surface area contributed by atoms with E-state index >= 15 is 0 Å². The SMILES string of the molecule is Cc1cc2cc(C#N)cc(Br)c2o1. The minimum atomic E-state index is 0.639. The molecule has 1 heterocycles. The zero-order chi connectivity index (χ0) is 9.42. The van der Waals surface area contributed by atoms with Gasteiger partial charge in [0.05, 0.1) is 16.1 Å². The molecule has 0 amide bonds. The molecule has 2 aromatic rings. The molecule has 0 aliphatic carbocycles. The van der Waals surface area contributed by atoms with Crippen LogP contribution in [0.2, 0.25) is 0 Å². The topological polar surface area (TPSA) is 36.9 Å². The Labute approximate surface area is 83.9 Å². The van der Waals surface area contributed by atoms with Crippen molar-refractivity contribution in [1.82, 2.24) is 0 Å². The van der Waals surface area contributed by atoms with Crippen LogP contribution in [0.1, 0.15) is 11.3 Å². The molecule has 0 saturated carbocycles. The Morgan fingerprint density at radius 1 is 1.38 bits per heavy atom. The van der Waals surface area contributed by atoms with Crippen molar-refractivity contribution in [2.24, 2.45) is 0 Å². The van der Waals surface area contributed by atoms with Crippen molar-refractivity contribution in [2.45, 2.75) is 6.92 Å². The van der Waals surface area contributed by atoms with Gasteiger partial charge in [0.2, 0.25) is 0 Å². The molecule has 0 aliphatic rings. The molecule has 3 heteroatoms. The minimum Gasteiger partial charge on any atom is -0.460 e. The van der Waals surface area contributed by atoms with E-state index in [-0.39, 0.29) is 0 Å². The Balaban J connectivity index is 2.85. The first kappa shape index (κ1) is 8.33. The van der Waals surface area contributed by atoms with Gasteiger partial charge in [-0.2, -0.15) is 5.26 Å². The lowest BCUT2D eigenvalue weighted by atomic mass is 10.2. The Morgan fingerprint density at radius 2 is 2.15 bits per heavy atom. The summed E-state index contributed by atoms with van der Waals surface area (Å²) in [5.74, 6) is 0.853. The van der Waals surface area contributed by atoms with Gasteiger partial charge in [0.15, 0.2) is 0 Å². The summed E-state index contributed by atoms with van der Waals surface area (Å²) in [4.78, 5) is 0. The van der Waals surface area contributed by atoms with Crippen LogP contribution in [-0.4, -0.2) is 0 Å². The summed E-state index contributed by atoms with van der Waals surface area (Å²) >= 11 is 3.36. The summed E-state index contributed by atoms with van der Waals surface area (Å²) in [6, 6.07) is 7.59. The lowest BCUT2D eigenvalue weighted by molar-refractivity contribution is 0.577. The molecule has 64 valence electrons. The van der Waals surface area contributed by atoms with Crippen LogP contribution in [0.25, 0.3) is 11.0 Å². The fourth-order valence-electron chi connectivity index (χ4n) is 1.30. The van der Waals surface area contributed by atoms with Crippen LogP contribution < -0.4 is 0 Å². The second-order valence-electron chi connectivity index (χ2n) is 2.85. The predicted octanol–water partition coefficient (Wildman–Crippen LogP) is 3.38. The molecule has 0 bridgehead atoms. The number of benzene rings is 1. The molecule has 2 rings (SSSR count). The van der Waals surface area contributed by atoms with E-state index in [9.17, 15) is 0 Å². The van der Waals surface area contributed by atoms with Crippen LogP contribution in [0.15, 0.2) is 27.1 Å². The van der Waals surface area contributed by atoms with Gasteiger partial charge in [0, 0.05) is 5.39 Å². The van der Waals surface area contributed by atoms with E-state index < -0.39 is 0 Å². The lowest BCUT2D eigenvalue weighted by Crippen LogP contribution is -1.74. The molecule has 0 aliphatic heterocycles. The number of hydrogen-bond donors (Lipinski definition) is 0. The second-order valence-corrected chi connectivity index (χ2v) is 3.70. The van der Waals surface area contributed by atoms with Crippen LogP contribution in [0.3, 0.4) is 0 Å². The number of halogens is 1. The van der Waals surface area contributed by atoms with Crippen molar-refractivity contribution >= 4 is 26.9 Å². The van der Waals surface area contributed by atoms with E-state index in [1.165, 1.54) is 0 Å². The normalized spacial score (nSPS) is 10.2. The molecule has 0 saturated heterocycles. The van der Waals surface area contributed by atoms with E-state index in [4.69, 9.17) is 9.68 Å². The first-order valence-electron chi connectivity index (χ1n) is 3.80. The summed E-state index contributed by atoms with van der Waals surface area (Å²) in [6.45, 7) is 1.89. The van der Waals surface area contributed by atoms with Crippen molar-refractivity contribution in [3.63, 3.8) is 0 Å². The molecule has 0 spiro atoms. The third kappa shape index (κ3) is 1.34. The number of nitrogens with zero attached hydrogens (tertiary/aromatic N) is 1. The van der Waals surface area contributed by atoms with Gasteiger partial charge in [-0.25, -0.2) is 0 Å². The Hall–Kier alpha value is -1.27. The average Bonchev–Trinajstić information content (AvgIpc) is 2.46. The summed E-state index contributed by atoms with van der Waals surface area (Å²) in [5.41, 5.74) is 1.44. The number of rotatable bonds is 0. The van der Waals surface area contributed by atoms with Gasteiger partial charge in [0.25, 0.3) is 0 Å². The van der Waals surface area contributed by atoms with E-state index in [1.54, 1.807) is 6.07 Å². The maximum absolute atomic E-state index is 8.73. The molecule has 2 nitrogen and oxygen atoms in total. The number of nitriles is 1. The number of fused-ring (bicyclic) bond motifs is 1. The van der Waals surface area contributed by atoms with E-state index in [1.807, 2.05) is 19.1 Å². The lowest BCUT2D eigenvalue weighted by Gasteiger charge is -1.93. The van der Waals surface area contributed by atoms with Gasteiger partial charge in [-0.05, 0) is 41.1 Å². The Bertz CT molecular complexity index is 507. The molecule has 13 heavy (non-hydrogen) atoms. The van der Waals surface area contributed by atoms with Gasteiger partial charge >= 0.3 is 0 Å². The summed E-state index contributed by atoms with van der Waals surface area (Å²) in [7, 11) is 0. The first-order valence-corrected chi connectivity index (χ1v) is 4.60. The maximum Gasteiger partial charge on any atom is 0.148 e. The van der Waals surface area contributed by atoms with Gasteiger partial charge < -0.3 is 4.42 Å². The molecular weight excluding hydrogens is 230 g/mol. The fourth-order valence-corrected chi connectivity index (χ4v) is 1.86. The average molecular weight is 236 g/mol. The third-order valence-electron chi connectivity index (χ3n) is 1.82. The predicted molar refractivity (Wildman–Crippen MR) is 53.4 cm³/mol. The smallest absolute Gasteiger partial charge is 0.148 e. The van der Waals surface area contributed by atoms with Crippen molar-refractivity contribution in [1.29, 1.82) is 5.26 Å². The van der Waals surface area contributed by atoms with E-state index in [0.29, 0.717) is 5.56 Å². The number of furan rings is 1. The first-order chi connectivity index (χ1) is 6.20. The molecule has 0 fully saturated rings. The number of hydrogen-bond acceptors (Lipinski definition) is 2. The highest BCUT2D eigenvalue weighted by Crippen LogP contribution is 2.28. The minimum absolute atomic E-state index is 0.639. The molecular formula is C10H6BrNO. The Kier molecular flexibility index (Phi) is 1.86. The standard InChI is InChI=1S/C10H6BrNO/c1-6-2-8-3-7(5-12)4-9(11)10(8)13-6/h2-4H,1H3. The van der Waals surface area contributed by atoms with Gasteiger partial charge in [-0.15, -0.1) is 0 Å².